The van der Waals surface area contributed by atoms with Gasteiger partial charge in [0.1, 0.15) is 17.1 Å². The number of anilines is 1. The first-order chi connectivity index (χ1) is 16.3. The minimum absolute atomic E-state index is 0.121. The van der Waals surface area contributed by atoms with E-state index in [0.717, 1.165) is 25.7 Å². The molecule has 0 aromatic heterocycles. The lowest BCUT2D eigenvalue weighted by Gasteiger charge is -2.21. The molecule has 1 aliphatic rings. The van der Waals surface area contributed by atoms with Crippen molar-refractivity contribution >= 4 is 27.6 Å². The van der Waals surface area contributed by atoms with Gasteiger partial charge in [0.15, 0.2) is 6.61 Å². The van der Waals surface area contributed by atoms with Crippen LogP contribution in [-0.2, 0) is 19.6 Å². The molecule has 1 amide bonds. The molecule has 3 rings (SSSR count). The van der Waals surface area contributed by atoms with Crippen molar-refractivity contribution in [2.45, 2.75) is 37.5 Å². The Hall–Kier alpha value is -3.11. The largest absolute Gasteiger partial charge is 0.497 e. The van der Waals surface area contributed by atoms with Gasteiger partial charge in [0, 0.05) is 18.8 Å². The van der Waals surface area contributed by atoms with Gasteiger partial charge in [0.2, 0.25) is 10.0 Å². The number of amides is 1. The second kappa shape index (κ2) is 11.3. The number of methoxy groups -OCH3 is 2. The summed E-state index contributed by atoms with van der Waals surface area (Å²) in [6.45, 7) is 2.14. The average molecular weight is 491 g/mol. The maximum Gasteiger partial charge on any atom is 0.342 e. The Labute approximate surface area is 200 Å². The monoisotopic (exact) mass is 490 g/mol. The van der Waals surface area contributed by atoms with E-state index in [-0.39, 0.29) is 16.2 Å². The zero-order chi connectivity index (χ0) is 24.7. The summed E-state index contributed by atoms with van der Waals surface area (Å²) in [7, 11) is -0.797. The van der Waals surface area contributed by atoms with Crippen molar-refractivity contribution in [1.82, 2.24) is 4.31 Å². The summed E-state index contributed by atoms with van der Waals surface area (Å²) >= 11 is 0. The van der Waals surface area contributed by atoms with Gasteiger partial charge < -0.3 is 19.5 Å². The van der Waals surface area contributed by atoms with Crippen molar-refractivity contribution in [3.63, 3.8) is 0 Å². The molecule has 0 spiro atoms. The maximum absolute atomic E-state index is 13.2. The lowest BCUT2D eigenvalue weighted by atomic mass is 10.2. The molecule has 0 atom stereocenters. The Morgan fingerprint density at radius 2 is 1.68 bits per heavy atom. The SMILES string of the molecule is COc1ccc(OC)c(C(=O)OCC(=O)Nc2ccc(C)c(S(=O)(=O)N3CCCCCC3)c2)c1. The average Bonchev–Trinajstić information content (AvgIpc) is 3.13. The number of hydrogen-bond acceptors (Lipinski definition) is 7. The molecule has 1 saturated heterocycles. The Morgan fingerprint density at radius 3 is 2.32 bits per heavy atom. The third-order valence-electron chi connectivity index (χ3n) is 5.62. The lowest BCUT2D eigenvalue weighted by molar-refractivity contribution is -0.119. The predicted molar refractivity (Wildman–Crippen MR) is 127 cm³/mol. The summed E-state index contributed by atoms with van der Waals surface area (Å²) in [4.78, 5) is 25.0. The first-order valence-electron chi connectivity index (χ1n) is 11.1. The molecule has 2 aromatic carbocycles. The Morgan fingerprint density at radius 1 is 0.971 bits per heavy atom. The molecule has 1 N–H and O–H groups in total. The van der Waals surface area contributed by atoms with Gasteiger partial charge in [-0.05, 0) is 55.7 Å². The molecule has 0 radical (unpaired) electrons. The lowest BCUT2D eigenvalue weighted by Crippen LogP contribution is -2.32. The first-order valence-corrected chi connectivity index (χ1v) is 12.5. The summed E-state index contributed by atoms with van der Waals surface area (Å²) in [5.74, 6) is -0.625. The fourth-order valence-corrected chi connectivity index (χ4v) is 5.52. The van der Waals surface area contributed by atoms with E-state index in [0.29, 0.717) is 30.1 Å². The van der Waals surface area contributed by atoms with E-state index in [1.165, 1.54) is 30.7 Å². The van der Waals surface area contributed by atoms with Gasteiger partial charge in [0.25, 0.3) is 5.91 Å². The molecule has 2 aromatic rings. The van der Waals surface area contributed by atoms with Crippen molar-refractivity contribution in [3.05, 3.63) is 47.5 Å². The van der Waals surface area contributed by atoms with Gasteiger partial charge >= 0.3 is 5.97 Å². The number of benzene rings is 2. The van der Waals surface area contributed by atoms with Crippen molar-refractivity contribution in [1.29, 1.82) is 0 Å². The van der Waals surface area contributed by atoms with Crippen LogP contribution in [0.25, 0.3) is 0 Å². The van der Waals surface area contributed by atoms with Crippen LogP contribution in [-0.4, -0.2) is 58.5 Å². The minimum atomic E-state index is -3.68. The molecule has 1 heterocycles. The Balaban J connectivity index is 1.68. The van der Waals surface area contributed by atoms with E-state index in [1.54, 1.807) is 31.2 Å². The molecule has 1 aliphatic heterocycles. The van der Waals surface area contributed by atoms with Crippen molar-refractivity contribution in [2.24, 2.45) is 0 Å². The smallest absolute Gasteiger partial charge is 0.342 e. The summed E-state index contributed by atoms with van der Waals surface area (Å²) in [5.41, 5.74) is 1.02. The van der Waals surface area contributed by atoms with Gasteiger partial charge in [0.05, 0.1) is 19.1 Å². The van der Waals surface area contributed by atoms with Gasteiger partial charge in [-0.25, -0.2) is 13.2 Å². The number of esters is 1. The summed E-state index contributed by atoms with van der Waals surface area (Å²) in [5, 5.41) is 2.60. The molecule has 1 fully saturated rings. The van der Waals surface area contributed by atoms with Gasteiger partial charge in [-0.3, -0.25) is 4.79 Å². The number of aryl methyl sites for hydroxylation is 1. The zero-order valence-electron chi connectivity index (χ0n) is 19.6. The molecule has 0 bridgehead atoms. The molecule has 9 nitrogen and oxygen atoms in total. The van der Waals surface area contributed by atoms with E-state index in [1.807, 2.05) is 0 Å². The van der Waals surface area contributed by atoms with Crippen molar-refractivity contribution in [3.8, 4) is 11.5 Å². The number of ether oxygens (including phenoxy) is 3. The maximum atomic E-state index is 13.2. The quantitative estimate of drug-likeness (QED) is 0.565. The van der Waals surface area contributed by atoms with Crippen LogP contribution in [0.3, 0.4) is 0 Å². The van der Waals surface area contributed by atoms with Gasteiger partial charge in [-0.15, -0.1) is 0 Å². The van der Waals surface area contributed by atoms with E-state index in [9.17, 15) is 18.0 Å². The summed E-state index contributed by atoms with van der Waals surface area (Å²) in [6.07, 6.45) is 3.69. The standard InChI is InChI=1S/C24H30N2O7S/c1-17-8-9-18(14-22(17)34(29,30)26-12-6-4-5-7-13-26)25-23(27)16-33-24(28)20-15-19(31-2)10-11-21(20)32-3/h8-11,14-15H,4-7,12-13,16H2,1-3H3,(H,25,27). The van der Waals surface area contributed by atoms with Crippen molar-refractivity contribution in [2.75, 3.05) is 39.2 Å². The van der Waals surface area contributed by atoms with E-state index in [4.69, 9.17) is 14.2 Å². The number of rotatable bonds is 8. The van der Waals surface area contributed by atoms with Crippen LogP contribution >= 0.6 is 0 Å². The topological polar surface area (TPSA) is 111 Å². The second-order valence-electron chi connectivity index (χ2n) is 7.99. The normalized spacial score (nSPS) is 14.7. The molecule has 184 valence electrons. The molecule has 0 unspecified atom stereocenters. The van der Waals surface area contributed by atoms with Gasteiger partial charge in [-0.1, -0.05) is 18.9 Å². The number of hydrogen-bond donors (Lipinski definition) is 1. The van der Waals surface area contributed by atoms with Crippen LogP contribution in [0.4, 0.5) is 5.69 Å². The zero-order valence-corrected chi connectivity index (χ0v) is 20.4. The van der Waals surface area contributed by atoms with E-state index < -0.39 is 28.5 Å². The Kier molecular flexibility index (Phi) is 8.51. The Bertz CT molecular complexity index is 1140. The van der Waals surface area contributed by atoms with Crippen LogP contribution < -0.4 is 14.8 Å². The highest BCUT2D eigenvalue weighted by molar-refractivity contribution is 7.89. The number of carbonyl (C=O) groups is 2. The van der Waals surface area contributed by atoms with Crippen molar-refractivity contribution < 1.29 is 32.2 Å². The fourth-order valence-electron chi connectivity index (χ4n) is 3.76. The van der Waals surface area contributed by atoms with Crippen LogP contribution in [0.1, 0.15) is 41.6 Å². The molecule has 34 heavy (non-hydrogen) atoms. The first kappa shape index (κ1) is 25.5. The third-order valence-corrected chi connectivity index (χ3v) is 7.66. The van der Waals surface area contributed by atoms with Crippen LogP contribution in [0.2, 0.25) is 0 Å². The summed E-state index contributed by atoms with van der Waals surface area (Å²) < 4.78 is 43.3. The third kappa shape index (κ3) is 6.06. The fraction of sp³-hybridized carbons (Fsp3) is 0.417. The number of nitrogens with zero attached hydrogens (tertiary/aromatic N) is 1. The molecular weight excluding hydrogens is 460 g/mol. The molecule has 0 aliphatic carbocycles. The van der Waals surface area contributed by atoms with Crippen LogP contribution in [0.5, 0.6) is 11.5 Å². The minimum Gasteiger partial charge on any atom is -0.497 e. The summed E-state index contributed by atoms with van der Waals surface area (Å²) in [6, 6.07) is 9.36. The van der Waals surface area contributed by atoms with E-state index in [2.05, 4.69) is 5.32 Å². The molecular formula is C24H30N2O7S. The molecule has 0 saturated carbocycles. The van der Waals surface area contributed by atoms with Crippen LogP contribution in [0, 0.1) is 6.92 Å². The second-order valence-corrected chi connectivity index (χ2v) is 9.90. The van der Waals surface area contributed by atoms with Crippen LogP contribution in [0.15, 0.2) is 41.3 Å². The highest BCUT2D eigenvalue weighted by atomic mass is 32.2. The van der Waals surface area contributed by atoms with Gasteiger partial charge in [-0.2, -0.15) is 4.31 Å². The molecule has 10 heteroatoms. The highest BCUT2D eigenvalue weighted by Crippen LogP contribution is 2.27. The van der Waals surface area contributed by atoms with E-state index >= 15 is 0 Å². The number of carbonyl (C=O) groups excluding carboxylic acids is 2. The highest BCUT2D eigenvalue weighted by Gasteiger charge is 2.27. The predicted octanol–water partition coefficient (Wildman–Crippen LogP) is 3.37. The number of nitrogens with one attached hydrogen (secondary N) is 1. The number of sulfonamides is 1.